The second kappa shape index (κ2) is 18.3. The highest BCUT2D eigenvalue weighted by atomic mass is 127. The highest BCUT2D eigenvalue weighted by Gasteiger charge is 2.29. The zero-order valence-electron chi connectivity index (χ0n) is 20.0. The number of halogens is 4. The summed E-state index contributed by atoms with van der Waals surface area (Å²) in [6.45, 7) is 1.20. The van der Waals surface area contributed by atoms with Crippen molar-refractivity contribution in [1.29, 1.82) is 0 Å². The number of hydrogen-bond acceptors (Lipinski definition) is 10. The first kappa shape index (κ1) is 38.7. The molecular weight excluding hydrogens is 994 g/mol. The highest BCUT2D eigenvalue weighted by Crippen LogP contribution is 2.36. The lowest BCUT2D eigenvalue weighted by Gasteiger charge is -2.14. The molecule has 0 bridgehead atoms. The van der Waals surface area contributed by atoms with Gasteiger partial charge in [-0.1, -0.05) is 0 Å². The number of benzene rings is 2. The van der Waals surface area contributed by atoms with E-state index in [-0.39, 0.29) is 12.2 Å². The predicted molar refractivity (Wildman–Crippen MR) is 171 cm³/mol. The van der Waals surface area contributed by atoms with E-state index in [1.807, 2.05) is 12.1 Å². The van der Waals surface area contributed by atoms with Crippen LogP contribution in [0.1, 0.15) is 12.5 Å². The number of phenolic OH excluding ortho intramolecular Hbond substituents is 1. The van der Waals surface area contributed by atoms with Gasteiger partial charge in [0.25, 0.3) is 0 Å². The topological polar surface area (TPSA) is 265 Å². The number of aliphatic hydroxyl groups excluding tert-OH is 3. The number of ether oxygens (including phenoxy) is 1. The van der Waals surface area contributed by atoms with Gasteiger partial charge in [-0.05, 0) is 134 Å². The SMILES string of the molecule is CC(O)C(=O)O.N[C@@H](Cc1cc(I)c(Oc2cc(I)c(O)c(I)c2)c(I)c1)C(=O)O.O=C(O)C(O)C(O)C(=O)O. The third-order valence-electron chi connectivity index (χ3n) is 4.20. The smallest absolute Gasteiger partial charge is 0.335 e. The molecule has 18 heteroatoms. The van der Waals surface area contributed by atoms with Gasteiger partial charge in [0.05, 0.1) is 14.3 Å². The Kier molecular flexibility index (Phi) is 17.7. The Hall–Kier alpha value is -1.32. The van der Waals surface area contributed by atoms with Crippen molar-refractivity contribution < 1.29 is 64.8 Å². The highest BCUT2D eigenvalue weighted by molar-refractivity contribution is 14.1. The Bertz CT molecular complexity index is 1160. The quantitative estimate of drug-likeness (QED) is 0.163. The second-order valence-corrected chi connectivity index (χ2v) is 12.1. The molecule has 0 aliphatic carbocycles. The molecule has 3 unspecified atom stereocenters. The zero-order chi connectivity index (χ0) is 31.5. The lowest BCUT2D eigenvalue weighted by atomic mass is 10.1. The van der Waals surface area contributed by atoms with Crippen LogP contribution in [0.2, 0.25) is 0 Å². The molecule has 0 spiro atoms. The molecule has 0 aromatic heterocycles. The molecule has 40 heavy (non-hydrogen) atoms. The Balaban J connectivity index is 0.000000784. The minimum atomic E-state index is -2.27. The minimum Gasteiger partial charge on any atom is -0.506 e. The van der Waals surface area contributed by atoms with Gasteiger partial charge in [-0.15, -0.1) is 0 Å². The largest absolute Gasteiger partial charge is 0.506 e. The first-order valence-electron chi connectivity index (χ1n) is 10.3. The van der Waals surface area contributed by atoms with Crippen LogP contribution >= 0.6 is 90.4 Å². The van der Waals surface area contributed by atoms with Crippen LogP contribution in [0.25, 0.3) is 0 Å². The van der Waals surface area contributed by atoms with Crippen LogP contribution in [0.15, 0.2) is 24.3 Å². The molecular formula is C22H23I4NO13. The van der Waals surface area contributed by atoms with Gasteiger partial charge >= 0.3 is 23.9 Å². The lowest BCUT2D eigenvalue weighted by molar-refractivity contribution is -0.165. The van der Waals surface area contributed by atoms with Gasteiger partial charge in [0.15, 0.2) is 18.0 Å². The number of phenols is 1. The molecule has 0 saturated heterocycles. The number of aromatic hydroxyl groups is 1. The summed E-state index contributed by atoms with van der Waals surface area (Å²) in [4.78, 5) is 39.9. The number of hydrogen-bond donors (Lipinski definition) is 9. The van der Waals surface area contributed by atoms with Crippen LogP contribution in [-0.4, -0.2) is 89.1 Å². The number of aliphatic carboxylic acids is 4. The summed E-state index contributed by atoms with van der Waals surface area (Å²) in [5.41, 5.74) is 6.44. The monoisotopic (exact) mass is 1020 g/mol. The standard InChI is InChI=1S/C15H11I4NO4.C4H6O6.C3H6O3/c16-8-4-7(5-9(17)13(8)21)24-14-10(18)1-6(2-11(14)19)3-12(20)15(22)23;5-1(3(7)8)2(6)4(9)10;1-2(4)3(5)6/h1-2,4-5,12,21H,3,20H2,(H,22,23);1-2,5-6H,(H,7,8)(H,9,10);2,4H,1H3,(H,5,6)/t12-;;/m0../s1. The van der Waals surface area contributed by atoms with Gasteiger partial charge in [0.2, 0.25) is 0 Å². The summed E-state index contributed by atoms with van der Waals surface area (Å²) in [7, 11) is 0. The molecule has 0 saturated carbocycles. The van der Waals surface area contributed by atoms with E-state index >= 15 is 0 Å². The molecule has 0 radical (unpaired) electrons. The summed E-state index contributed by atoms with van der Waals surface area (Å²) >= 11 is 8.42. The predicted octanol–water partition coefficient (Wildman–Crippen LogP) is 1.89. The molecule has 0 amide bonds. The molecule has 0 aliphatic rings. The minimum absolute atomic E-state index is 0.242. The van der Waals surface area contributed by atoms with Crippen molar-refractivity contribution in [2.45, 2.75) is 37.7 Å². The third kappa shape index (κ3) is 13.6. The molecule has 222 valence electrons. The Morgan fingerprint density at radius 3 is 1.43 bits per heavy atom. The maximum atomic E-state index is 10.9. The molecule has 2 aromatic carbocycles. The zero-order valence-corrected chi connectivity index (χ0v) is 28.7. The van der Waals surface area contributed by atoms with Gasteiger partial charge in [-0.25, -0.2) is 14.4 Å². The molecule has 2 aromatic rings. The Labute approximate surface area is 281 Å². The van der Waals surface area contributed by atoms with E-state index in [0.717, 1.165) is 12.7 Å². The van der Waals surface area contributed by atoms with E-state index in [2.05, 4.69) is 90.4 Å². The number of aliphatic hydroxyl groups is 3. The van der Waals surface area contributed by atoms with Crippen LogP contribution in [0.3, 0.4) is 0 Å². The van der Waals surface area contributed by atoms with Crippen molar-refractivity contribution in [3.8, 4) is 17.2 Å². The summed E-state index contributed by atoms with van der Waals surface area (Å²) in [5.74, 6) is -4.17. The number of carboxylic acids is 4. The van der Waals surface area contributed by atoms with Gasteiger partial charge in [-0.2, -0.15) is 0 Å². The van der Waals surface area contributed by atoms with Gasteiger partial charge in [-0.3, -0.25) is 4.79 Å². The van der Waals surface area contributed by atoms with E-state index in [0.29, 0.717) is 18.6 Å². The second-order valence-electron chi connectivity index (χ2n) is 7.46. The number of carbonyl (C=O) groups is 4. The lowest BCUT2D eigenvalue weighted by Crippen LogP contribution is -2.39. The molecule has 0 heterocycles. The van der Waals surface area contributed by atoms with Crippen LogP contribution in [-0.2, 0) is 25.6 Å². The number of carboxylic acid groups (broad SMARTS) is 4. The van der Waals surface area contributed by atoms with Crippen molar-refractivity contribution in [3.05, 3.63) is 44.1 Å². The van der Waals surface area contributed by atoms with Crippen molar-refractivity contribution in [1.82, 2.24) is 0 Å². The molecule has 14 nitrogen and oxygen atoms in total. The Morgan fingerprint density at radius 1 is 0.750 bits per heavy atom. The van der Waals surface area contributed by atoms with Crippen molar-refractivity contribution in [3.63, 3.8) is 0 Å². The fourth-order valence-corrected chi connectivity index (χ4v) is 5.99. The van der Waals surface area contributed by atoms with E-state index in [4.69, 9.17) is 46.2 Å². The van der Waals surface area contributed by atoms with E-state index in [9.17, 15) is 24.3 Å². The average molecular weight is 1020 g/mol. The molecule has 10 N–H and O–H groups in total. The maximum Gasteiger partial charge on any atom is 0.335 e. The molecule has 0 aliphatic heterocycles. The molecule has 0 fully saturated rings. The molecule has 4 atom stereocenters. The average Bonchev–Trinajstić information content (AvgIpc) is 2.84. The first-order chi connectivity index (χ1) is 18.3. The van der Waals surface area contributed by atoms with Crippen LogP contribution in [0, 0.1) is 14.3 Å². The van der Waals surface area contributed by atoms with Crippen LogP contribution < -0.4 is 10.5 Å². The fraction of sp³-hybridized carbons (Fsp3) is 0.273. The normalized spacial score (nSPS) is 13.2. The summed E-state index contributed by atoms with van der Waals surface area (Å²) in [5, 5.41) is 67.1. The van der Waals surface area contributed by atoms with E-state index in [1.165, 1.54) is 6.92 Å². The van der Waals surface area contributed by atoms with Gasteiger partial charge in [0.1, 0.15) is 23.6 Å². The van der Waals surface area contributed by atoms with Crippen molar-refractivity contribution in [2.75, 3.05) is 0 Å². The van der Waals surface area contributed by atoms with Crippen molar-refractivity contribution in [2.24, 2.45) is 5.73 Å². The van der Waals surface area contributed by atoms with Crippen molar-refractivity contribution >= 4 is 114 Å². The number of nitrogens with two attached hydrogens (primary N) is 1. The Morgan fingerprint density at radius 2 is 1.12 bits per heavy atom. The maximum absolute atomic E-state index is 10.9. The van der Waals surface area contributed by atoms with Crippen LogP contribution in [0.4, 0.5) is 0 Å². The first-order valence-corrected chi connectivity index (χ1v) is 14.7. The number of rotatable bonds is 9. The third-order valence-corrected chi connectivity index (χ3v) is 7.45. The molecule has 2 rings (SSSR count). The fourth-order valence-electron chi connectivity index (χ4n) is 2.16. The van der Waals surface area contributed by atoms with Gasteiger partial charge in [0, 0.05) is 0 Å². The van der Waals surface area contributed by atoms with Gasteiger partial charge < -0.3 is 51.3 Å². The van der Waals surface area contributed by atoms with E-state index < -0.39 is 48.2 Å². The van der Waals surface area contributed by atoms with Crippen LogP contribution in [0.5, 0.6) is 17.2 Å². The van der Waals surface area contributed by atoms with E-state index in [1.54, 1.807) is 12.1 Å². The summed E-state index contributed by atoms with van der Waals surface area (Å²) in [6, 6.07) is 6.34. The summed E-state index contributed by atoms with van der Waals surface area (Å²) in [6.07, 6.45) is -5.50. The summed E-state index contributed by atoms with van der Waals surface area (Å²) < 4.78 is 9.14.